The van der Waals surface area contributed by atoms with Gasteiger partial charge in [-0.05, 0) is 31.2 Å². The number of anilines is 2. The van der Waals surface area contributed by atoms with Crippen molar-refractivity contribution in [2.45, 2.75) is 13.0 Å². The fourth-order valence-electron chi connectivity index (χ4n) is 2.33. The van der Waals surface area contributed by atoms with Gasteiger partial charge in [0, 0.05) is 11.8 Å². The smallest absolute Gasteiger partial charge is 0.247 e. The van der Waals surface area contributed by atoms with Crippen LogP contribution in [0.3, 0.4) is 0 Å². The van der Waals surface area contributed by atoms with Gasteiger partial charge >= 0.3 is 0 Å². The van der Waals surface area contributed by atoms with Gasteiger partial charge in [-0.15, -0.1) is 0 Å². The number of sulfonamides is 1. The molecule has 1 unspecified atom stereocenters. The SMILES string of the molecule is COc1cccc(NC(=O)C(C)N(c2ccccc2)S(C)(=O)=O)c1. The average molecular weight is 348 g/mol. The van der Waals surface area contributed by atoms with Crippen LogP contribution in [0, 0.1) is 0 Å². The van der Waals surface area contributed by atoms with Crippen molar-refractivity contribution in [3.8, 4) is 5.75 Å². The minimum absolute atomic E-state index is 0.433. The lowest BCUT2D eigenvalue weighted by Gasteiger charge is -2.28. The van der Waals surface area contributed by atoms with Gasteiger partial charge in [0.1, 0.15) is 11.8 Å². The third-order valence-corrected chi connectivity index (χ3v) is 4.68. The number of para-hydroxylation sites is 1. The maximum absolute atomic E-state index is 12.5. The molecule has 7 heteroatoms. The summed E-state index contributed by atoms with van der Waals surface area (Å²) in [4.78, 5) is 12.5. The van der Waals surface area contributed by atoms with Crippen LogP contribution in [0.2, 0.25) is 0 Å². The number of hydrogen-bond donors (Lipinski definition) is 1. The van der Waals surface area contributed by atoms with E-state index < -0.39 is 22.0 Å². The molecule has 0 radical (unpaired) electrons. The van der Waals surface area contributed by atoms with Gasteiger partial charge in [0.25, 0.3) is 0 Å². The van der Waals surface area contributed by atoms with E-state index in [1.165, 1.54) is 7.11 Å². The lowest BCUT2D eigenvalue weighted by atomic mass is 10.2. The summed E-state index contributed by atoms with van der Waals surface area (Å²) in [7, 11) is -2.09. The zero-order valence-electron chi connectivity index (χ0n) is 13.8. The third-order valence-electron chi connectivity index (χ3n) is 3.44. The highest BCUT2D eigenvalue weighted by molar-refractivity contribution is 7.92. The highest BCUT2D eigenvalue weighted by atomic mass is 32.2. The number of nitrogens with one attached hydrogen (secondary N) is 1. The Morgan fingerprint density at radius 1 is 1.12 bits per heavy atom. The first-order chi connectivity index (χ1) is 11.3. The van der Waals surface area contributed by atoms with Crippen molar-refractivity contribution in [1.29, 1.82) is 0 Å². The van der Waals surface area contributed by atoms with Crippen LogP contribution in [-0.4, -0.2) is 33.7 Å². The highest BCUT2D eigenvalue weighted by Gasteiger charge is 2.29. The molecule has 2 aromatic rings. The molecule has 0 fully saturated rings. The fourth-order valence-corrected chi connectivity index (χ4v) is 3.51. The topological polar surface area (TPSA) is 75.7 Å². The van der Waals surface area contributed by atoms with Crippen LogP contribution < -0.4 is 14.4 Å². The van der Waals surface area contributed by atoms with Crippen molar-refractivity contribution in [3.63, 3.8) is 0 Å². The van der Waals surface area contributed by atoms with Crippen molar-refractivity contribution in [3.05, 3.63) is 54.6 Å². The van der Waals surface area contributed by atoms with Gasteiger partial charge in [0.05, 0.1) is 19.1 Å². The zero-order valence-corrected chi connectivity index (χ0v) is 14.6. The molecule has 2 rings (SSSR count). The van der Waals surface area contributed by atoms with Crippen LogP contribution in [0.25, 0.3) is 0 Å². The molecule has 0 heterocycles. The minimum Gasteiger partial charge on any atom is -0.497 e. The fraction of sp³-hybridized carbons (Fsp3) is 0.235. The minimum atomic E-state index is -3.62. The Kier molecular flexibility index (Phi) is 5.46. The highest BCUT2D eigenvalue weighted by Crippen LogP contribution is 2.22. The predicted molar refractivity (Wildman–Crippen MR) is 94.9 cm³/mol. The van der Waals surface area contributed by atoms with Crippen LogP contribution in [0.1, 0.15) is 6.92 Å². The number of carbonyl (C=O) groups excluding carboxylic acids is 1. The number of carbonyl (C=O) groups is 1. The van der Waals surface area contributed by atoms with Crippen molar-refractivity contribution < 1.29 is 17.9 Å². The molecule has 0 aliphatic heterocycles. The zero-order chi connectivity index (χ0) is 17.7. The van der Waals surface area contributed by atoms with Crippen molar-refractivity contribution in [2.24, 2.45) is 0 Å². The van der Waals surface area contributed by atoms with E-state index in [1.54, 1.807) is 61.5 Å². The van der Waals surface area contributed by atoms with E-state index in [-0.39, 0.29) is 0 Å². The van der Waals surface area contributed by atoms with E-state index in [0.717, 1.165) is 10.6 Å². The first-order valence-corrected chi connectivity index (χ1v) is 9.17. The van der Waals surface area contributed by atoms with Crippen LogP contribution in [0.5, 0.6) is 5.75 Å². The van der Waals surface area contributed by atoms with E-state index >= 15 is 0 Å². The van der Waals surface area contributed by atoms with Crippen molar-refractivity contribution in [1.82, 2.24) is 0 Å². The van der Waals surface area contributed by atoms with Gasteiger partial charge in [-0.3, -0.25) is 9.10 Å². The Morgan fingerprint density at radius 3 is 2.38 bits per heavy atom. The van der Waals surface area contributed by atoms with Gasteiger partial charge in [-0.1, -0.05) is 24.3 Å². The molecule has 2 aromatic carbocycles. The number of amides is 1. The Bertz CT molecular complexity index is 806. The molecule has 6 nitrogen and oxygen atoms in total. The molecule has 0 aromatic heterocycles. The molecule has 1 amide bonds. The van der Waals surface area contributed by atoms with Crippen molar-refractivity contribution in [2.75, 3.05) is 23.0 Å². The molecule has 1 atom stereocenters. The number of nitrogens with zero attached hydrogens (tertiary/aromatic N) is 1. The maximum atomic E-state index is 12.5. The lowest BCUT2D eigenvalue weighted by Crippen LogP contribution is -2.45. The largest absolute Gasteiger partial charge is 0.497 e. The number of benzene rings is 2. The van der Waals surface area contributed by atoms with Gasteiger partial charge in [0.2, 0.25) is 15.9 Å². The Labute approximate surface area is 142 Å². The van der Waals surface area contributed by atoms with E-state index in [9.17, 15) is 13.2 Å². The summed E-state index contributed by atoms with van der Waals surface area (Å²) in [6.07, 6.45) is 1.08. The molecule has 1 N–H and O–H groups in total. The monoisotopic (exact) mass is 348 g/mol. The second kappa shape index (κ2) is 7.35. The average Bonchev–Trinajstić information content (AvgIpc) is 2.54. The molecule has 0 saturated carbocycles. The summed E-state index contributed by atoms with van der Waals surface area (Å²) in [5.74, 6) is 0.168. The molecular formula is C17H20N2O4S. The van der Waals surface area contributed by atoms with Gasteiger partial charge in [-0.25, -0.2) is 8.42 Å². The van der Waals surface area contributed by atoms with Crippen LogP contribution in [0.4, 0.5) is 11.4 Å². The first-order valence-electron chi connectivity index (χ1n) is 7.32. The van der Waals surface area contributed by atoms with Crippen LogP contribution in [0.15, 0.2) is 54.6 Å². The van der Waals surface area contributed by atoms with E-state index in [2.05, 4.69) is 5.32 Å². The Hall–Kier alpha value is -2.54. The molecule has 0 aliphatic carbocycles. The molecule has 0 saturated heterocycles. The lowest BCUT2D eigenvalue weighted by molar-refractivity contribution is -0.116. The molecular weight excluding hydrogens is 328 g/mol. The molecule has 0 spiro atoms. The Morgan fingerprint density at radius 2 is 1.79 bits per heavy atom. The number of ether oxygens (including phenoxy) is 1. The number of methoxy groups -OCH3 is 1. The summed E-state index contributed by atoms with van der Waals surface area (Å²) < 4.78 is 30.5. The summed E-state index contributed by atoms with van der Waals surface area (Å²) in [5, 5.41) is 2.71. The van der Waals surface area contributed by atoms with E-state index in [4.69, 9.17) is 4.74 Å². The number of hydrogen-bond acceptors (Lipinski definition) is 4. The summed E-state index contributed by atoms with van der Waals surface area (Å²) in [5.41, 5.74) is 0.973. The normalized spacial score (nSPS) is 12.3. The van der Waals surface area contributed by atoms with Crippen LogP contribution >= 0.6 is 0 Å². The van der Waals surface area contributed by atoms with Crippen molar-refractivity contribution >= 4 is 27.3 Å². The summed E-state index contributed by atoms with van der Waals surface area (Å²) >= 11 is 0. The van der Waals surface area contributed by atoms with E-state index in [0.29, 0.717) is 17.1 Å². The van der Waals surface area contributed by atoms with Gasteiger partial charge < -0.3 is 10.1 Å². The Balaban J connectivity index is 2.26. The second-order valence-corrected chi connectivity index (χ2v) is 7.15. The standard InChI is InChI=1S/C17H20N2O4S/c1-13(17(20)18-14-8-7-11-16(12-14)23-2)19(24(3,21)22)15-9-5-4-6-10-15/h4-13H,1-3H3,(H,18,20). The molecule has 24 heavy (non-hydrogen) atoms. The van der Waals surface area contributed by atoms with E-state index in [1.807, 2.05) is 0 Å². The van der Waals surface area contributed by atoms with Gasteiger partial charge in [0.15, 0.2) is 0 Å². The third kappa shape index (κ3) is 4.26. The molecule has 128 valence electrons. The van der Waals surface area contributed by atoms with Gasteiger partial charge in [-0.2, -0.15) is 0 Å². The summed E-state index contributed by atoms with van der Waals surface area (Å²) in [6, 6.07) is 14.5. The summed E-state index contributed by atoms with van der Waals surface area (Å²) in [6.45, 7) is 1.55. The van der Waals surface area contributed by atoms with Crippen LogP contribution in [-0.2, 0) is 14.8 Å². The molecule has 0 bridgehead atoms. The second-order valence-electron chi connectivity index (χ2n) is 5.29. The molecule has 0 aliphatic rings. The quantitative estimate of drug-likeness (QED) is 0.870. The predicted octanol–water partition coefficient (Wildman–Crippen LogP) is 2.49. The maximum Gasteiger partial charge on any atom is 0.247 e. The number of rotatable bonds is 6. The first kappa shape index (κ1) is 17.8.